The van der Waals surface area contributed by atoms with Gasteiger partial charge in [-0.25, -0.2) is 0 Å². The summed E-state index contributed by atoms with van der Waals surface area (Å²) in [7, 11) is 0. The van der Waals surface area contributed by atoms with Crippen LogP contribution in [0.3, 0.4) is 0 Å². The van der Waals surface area contributed by atoms with Gasteiger partial charge in [-0.15, -0.1) is 71.8 Å². The molecular weight excluding hydrogens is 937 g/mol. The quantitative estimate of drug-likeness (QED) is 0.156. The van der Waals surface area contributed by atoms with Crippen molar-refractivity contribution in [3.05, 3.63) is 181 Å². The summed E-state index contributed by atoms with van der Waals surface area (Å²) < 4.78 is 14.4. The molecule has 5 heteroatoms. The number of pyridine rings is 2. The van der Waals surface area contributed by atoms with E-state index in [0.717, 1.165) is 107 Å². The number of hydrogen-bond acceptors (Lipinski definition) is 4. The predicted octanol–water partition coefficient (Wildman–Crippen LogP) is 15.7. The van der Waals surface area contributed by atoms with Gasteiger partial charge < -0.3 is 18.8 Å². The summed E-state index contributed by atoms with van der Waals surface area (Å²) in [6, 6.07) is 54.4. The van der Waals surface area contributed by atoms with Crippen molar-refractivity contribution in [2.45, 2.75) is 61.3 Å². The van der Waals surface area contributed by atoms with E-state index in [1.807, 2.05) is 66.9 Å². The van der Waals surface area contributed by atoms with Gasteiger partial charge in [-0.2, -0.15) is 0 Å². The summed E-state index contributed by atoms with van der Waals surface area (Å²) in [4.78, 5) is 9.10. The van der Waals surface area contributed by atoms with Crippen LogP contribution in [0.15, 0.2) is 161 Å². The molecule has 0 saturated heterocycles. The minimum Gasteiger partial charge on any atom is -0.455 e. The zero-order chi connectivity index (χ0) is 42.3. The summed E-state index contributed by atoms with van der Waals surface area (Å²) in [6.45, 7) is 15.9. The Hall–Kier alpha value is -6.13. The van der Waals surface area contributed by atoms with Gasteiger partial charge in [0.15, 0.2) is 0 Å². The third-order valence-corrected chi connectivity index (χ3v) is 11.1. The number of rotatable bonds is 6. The van der Waals surface area contributed by atoms with Crippen LogP contribution in [0.4, 0.5) is 0 Å². The largest absolute Gasteiger partial charge is 0.455 e. The van der Waals surface area contributed by atoms with Crippen LogP contribution in [0.25, 0.3) is 88.6 Å². The summed E-state index contributed by atoms with van der Waals surface area (Å²) in [5, 5.41) is 4.36. The summed E-state index contributed by atoms with van der Waals surface area (Å²) in [5.41, 5.74) is 15.5. The van der Waals surface area contributed by atoms with Crippen molar-refractivity contribution >= 4 is 43.9 Å². The predicted molar refractivity (Wildman–Crippen MR) is 254 cm³/mol. The molecule has 0 fully saturated rings. The van der Waals surface area contributed by atoms with Gasteiger partial charge in [-0.3, -0.25) is 0 Å². The van der Waals surface area contributed by atoms with E-state index in [0.29, 0.717) is 0 Å². The monoisotopic (exact) mass is 987 g/mol. The number of aromatic nitrogens is 2. The van der Waals surface area contributed by atoms with E-state index in [2.05, 4.69) is 144 Å². The average molecular weight is 987 g/mol. The van der Waals surface area contributed by atoms with Gasteiger partial charge >= 0.3 is 0 Å². The first-order chi connectivity index (χ1) is 29.4. The molecule has 10 aromatic rings. The molecule has 4 nitrogen and oxygen atoms in total. The molecule has 0 N–H and O–H groups in total. The molecule has 0 bridgehead atoms. The molecule has 1 radical (unpaired) electrons. The number of benzene rings is 6. The Balaban J connectivity index is 0.000000350. The zero-order valence-corrected chi connectivity index (χ0v) is 38.8. The fourth-order valence-corrected chi connectivity index (χ4v) is 8.56. The van der Waals surface area contributed by atoms with Gasteiger partial charge in [0.1, 0.15) is 22.3 Å². The Bertz CT molecular complexity index is 3100. The van der Waals surface area contributed by atoms with E-state index in [-0.39, 0.29) is 30.9 Å². The number of hydrogen-bond donors (Lipinski definition) is 0. The first-order valence-corrected chi connectivity index (χ1v) is 21.2. The van der Waals surface area contributed by atoms with Gasteiger partial charge in [0.05, 0.1) is 5.39 Å². The standard InChI is InChI=1S/C46H42NO2.C11H8N.Ir/c1-28-27-47-36(29-16-10-8-11-17-29)24-35(28)39-37(30-18-12-9-13-19-30)38-33-22-14-20-31(25-45(2,3)4)41(33)48-43(38)40-34-23-15-21-32(26-46(5,6)7)42(34)49-44(39)40;1-2-6-10(7-3-1)11-8-4-5-9-12-11;/h8-16,18-24,27H,25-26H2,1-7H3;1-6,8-9H;/q2*-1;. The molecule has 0 atom stereocenters. The molecule has 0 aliphatic carbocycles. The van der Waals surface area contributed by atoms with Crippen molar-refractivity contribution in [2.24, 2.45) is 10.8 Å². The van der Waals surface area contributed by atoms with E-state index in [1.165, 1.54) is 11.1 Å². The first-order valence-electron chi connectivity index (χ1n) is 21.2. The molecule has 4 aromatic heterocycles. The molecule has 4 heterocycles. The Morgan fingerprint density at radius 1 is 0.516 bits per heavy atom. The Labute approximate surface area is 378 Å². The van der Waals surface area contributed by atoms with Crippen molar-refractivity contribution in [3.8, 4) is 44.8 Å². The number of para-hydroxylation sites is 2. The molecule has 62 heavy (non-hydrogen) atoms. The second kappa shape index (κ2) is 17.3. The van der Waals surface area contributed by atoms with Crippen LogP contribution in [0.5, 0.6) is 0 Å². The number of aryl methyl sites for hydroxylation is 1. The van der Waals surface area contributed by atoms with Gasteiger partial charge in [-0.1, -0.05) is 126 Å². The van der Waals surface area contributed by atoms with Crippen LogP contribution in [-0.4, -0.2) is 9.97 Å². The zero-order valence-electron chi connectivity index (χ0n) is 36.4. The summed E-state index contributed by atoms with van der Waals surface area (Å²) in [5.74, 6) is 0. The van der Waals surface area contributed by atoms with Crippen molar-refractivity contribution in [2.75, 3.05) is 0 Å². The maximum Gasteiger partial charge on any atom is 0.147 e. The number of nitrogens with zero attached hydrogens (tertiary/aromatic N) is 2. The Kier molecular flexibility index (Phi) is 11.9. The molecule has 6 aromatic carbocycles. The van der Waals surface area contributed by atoms with Crippen LogP contribution in [0.1, 0.15) is 58.2 Å². The number of fused-ring (bicyclic) bond motifs is 7. The van der Waals surface area contributed by atoms with Gasteiger partial charge in [0.25, 0.3) is 0 Å². The molecule has 0 spiro atoms. The molecule has 0 aliphatic heterocycles. The molecule has 0 saturated carbocycles. The van der Waals surface area contributed by atoms with Gasteiger partial charge in [0.2, 0.25) is 0 Å². The molecule has 0 amide bonds. The second-order valence-electron chi connectivity index (χ2n) is 18.4. The summed E-state index contributed by atoms with van der Waals surface area (Å²) >= 11 is 0. The molecule has 311 valence electrons. The van der Waals surface area contributed by atoms with E-state index < -0.39 is 0 Å². The van der Waals surface area contributed by atoms with E-state index in [1.54, 1.807) is 6.20 Å². The third-order valence-electron chi connectivity index (χ3n) is 11.1. The molecular formula is C57H50IrN2O2-2. The summed E-state index contributed by atoms with van der Waals surface area (Å²) in [6.07, 6.45) is 5.57. The maximum absolute atomic E-state index is 7.20. The smallest absolute Gasteiger partial charge is 0.147 e. The van der Waals surface area contributed by atoms with Gasteiger partial charge in [0, 0.05) is 59.8 Å². The van der Waals surface area contributed by atoms with Crippen molar-refractivity contribution in [1.29, 1.82) is 0 Å². The van der Waals surface area contributed by atoms with Crippen molar-refractivity contribution in [3.63, 3.8) is 0 Å². The second-order valence-corrected chi connectivity index (χ2v) is 18.4. The van der Waals surface area contributed by atoms with Crippen molar-refractivity contribution in [1.82, 2.24) is 9.97 Å². The number of furan rings is 2. The fourth-order valence-electron chi connectivity index (χ4n) is 8.56. The van der Waals surface area contributed by atoms with Crippen LogP contribution in [0.2, 0.25) is 0 Å². The van der Waals surface area contributed by atoms with Crippen LogP contribution < -0.4 is 0 Å². The van der Waals surface area contributed by atoms with Crippen LogP contribution in [-0.2, 0) is 32.9 Å². The first kappa shape index (κ1) is 42.6. The van der Waals surface area contributed by atoms with E-state index >= 15 is 0 Å². The Morgan fingerprint density at radius 3 is 1.65 bits per heavy atom. The van der Waals surface area contributed by atoms with E-state index in [4.69, 9.17) is 13.8 Å². The molecule has 10 rings (SSSR count). The SMILES string of the molecule is Cc1cnc(-c2[c-]cccc2)cc1-c1c(-c2ccccc2)c2c3cccc(CC(C)(C)C)c3oc2c2c1oc1c(CC(C)(C)C)cccc12.[Ir].[c-]1ccccc1-c1ccccn1. The molecule has 0 aliphatic rings. The van der Waals surface area contributed by atoms with Crippen molar-refractivity contribution < 1.29 is 28.9 Å². The third kappa shape index (κ3) is 8.53. The molecule has 0 unspecified atom stereocenters. The van der Waals surface area contributed by atoms with E-state index in [9.17, 15) is 0 Å². The maximum atomic E-state index is 7.20. The van der Waals surface area contributed by atoms with Crippen LogP contribution in [0, 0.1) is 29.9 Å². The van der Waals surface area contributed by atoms with Crippen LogP contribution >= 0.6 is 0 Å². The topological polar surface area (TPSA) is 52.1 Å². The average Bonchev–Trinajstić information content (AvgIpc) is 3.84. The minimum absolute atomic E-state index is 0. The Morgan fingerprint density at radius 2 is 1.08 bits per heavy atom. The van der Waals surface area contributed by atoms with Gasteiger partial charge in [-0.05, 0) is 75.9 Å². The minimum atomic E-state index is 0. The normalized spacial score (nSPS) is 11.8. The fraction of sp³-hybridized carbons (Fsp3) is 0.193.